The molecule has 0 atom stereocenters. The van der Waals surface area contributed by atoms with Gasteiger partial charge in [0.15, 0.2) is 0 Å². The first-order chi connectivity index (χ1) is 9.12. The molecule has 2 rings (SSSR count). The molecule has 1 heterocycles. The van der Waals surface area contributed by atoms with E-state index in [2.05, 4.69) is 6.07 Å². The van der Waals surface area contributed by atoms with Gasteiger partial charge in [0.2, 0.25) is 0 Å². The average molecular weight is 292 g/mol. The number of rotatable bonds is 1. The minimum Gasteiger partial charge on any atom is -0.350 e. The predicted molar refractivity (Wildman–Crippen MR) is 59.7 cm³/mol. The normalized spacial score (nSPS) is 12.8. The summed E-state index contributed by atoms with van der Waals surface area (Å²) in [6.45, 7) is 0. The Morgan fingerprint density at radius 2 is 1.65 bits per heavy atom. The zero-order valence-electron chi connectivity index (χ0n) is 10.1. The molecule has 0 aliphatic rings. The number of alkyl halides is 6. The molecule has 0 spiro atoms. The van der Waals surface area contributed by atoms with Crippen molar-refractivity contribution in [3.05, 3.63) is 47.7 Å². The summed E-state index contributed by atoms with van der Waals surface area (Å²) in [5.74, 6) is 0. The monoisotopic (exact) mass is 292 g/mol. The summed E-state index contributed by atoms with van der Waals surface area (Å²) in [6.07, 6.45) is -8.84. The van der Waals surface area contributed by atoms with Crippen molar-refractivity contribution < 1.29 is 26.3 Å². The summed E-state index contributed by atoms with van der Waals surface area (Å²) in [4.78, 5) is 0. The topological polar surface area (TPSA) is 4.93 Å². The van der Waals surface area contributed by atoms with Crippen molar-refractivity contribution in [3.63, 3.8) is 0 Å². The van der Waals surface area contributed by atoms with Crippen molar-refractivity contribution in [1.82, 2.24) is 4.57 Å². The number of halogens is 6. The maximum absolute atomic E-state index is 13.0. The Morgan fingerprint density at radius 3 is 2.10 bits per heavy atom. The van der Waals surface area contributed by atoms with Crippen molar-refractivity contribution >= 4 is 0 Å². The van der Waals surface area contributed by atoms with Crippen LogP contribution in [0.25, 0.3) is 11.3 Å². The predicted octanol–water partition coefficient (Wildman–Crippen LogP) is 4.53. The van der Waals surface area contributed by atoms with Gasteiger partial charge in [0.25, 0.3) is 0 Å². The molecule has 0 bridgehead atoms. The summed E-state index contributed by atoms with van der Waals surface area (Å²) >= 11 is 0. The van der Waals surface area contributed by atoms with Crippen LogP contribution in [0.5, 0.6) is 0 Å². The number of aryl methyl sites for hydroxylation is 1. The second kappa shape index (κ2) is 4.57. The molecule has 1 nitrogen and oxygen atoms in total. The fraction of sp³-hybridized carbons (Fsp3) is 0.231. The Balaban J connectivity index is 2.80. The average Bonchev–Trinajstić information content (AvgIpc) is 2.72. The van der Waals surface area contributed by atoms with Gasteiger partial charge in [-0.3, -0.25) is 0 Å². The lowest BCUT2D eigenvalue weighted by Crippen LogP contribution is -2.18. The molecule has 1 radical (unpaired) electrons. The van der Waals surface area contributed by atoms with Crippen LogP contribution in [0.3, 0.4) is 0 Å². The summed E-state index contributed by atoms with van der Waals surface area (Å²) in [5, 5.41) is 0. The maximum atomic E-state index is 13.0. The molecule has 20 heavy (non-hydrogen) atoms. The number of aromatic nitrogens is 1. The fourth-order valence-electron chi connectivity index (χ4n) is 1.97. The summed E-state index contributed by atoms with van der Waals surface area (Å²) in [6, 6.07) is 6.16. The van der Waals surface area contributed by atoms with Crippen LogP contribution < -0.4 is 0 Å². The Labute approximate surface area is 110 Å². The molecule has 7 heteroatoms. The molecule has 0 saturated carbocycles. The van der Waals surface area contributed by atoms with Crippen LogP contribution in [0.1, 0.15) is 11.1 Å². The van der Waals surface area contributed by atoms with Crippen LogP contribution in [0.2, 0.25) is 0 Å². The van der Waals surface area contributed by atoms with Crippen LogP contribution in [-0.2, 0) is 19.4 Å². The highest BCUT2D eigenvalue weighted by atomic mass is 19.4. The Hall–Kier alpha value is -1.92. The highest BCUT2D eigenvalue weighted by molar-refractivity contribution is 5.67. The van der Waals surface area contributed by atoms with E-state index >= 15 is 0 Å². The van der Waals surface area contributed by atoms with Gasteiger partial charge in [-0.25, -0.2) is 0 Å². The Kier molecular flexibility index (Phi) is 3.31. The van der Waals surface area contributed by atoms with Gasteiger partial charge in [-0.05, 0) is 12.1 Å². The van der Waals surface area contributed by atoms with E-state index in [1.807, 2.05) is 0 Å². The molecule has 0 aliphatic carbocycles. The number of nitrogens with zero attached hydrogens (tertiary/aromatic N) is 1. The molecular formula is C13H8F6N. The fourth-order valence-corrected chi connectivity index (χ4v) is 1.97. The van der Waals surface area contributed by atoms with E-state index in [4.69, 9.17) is 0 Å². The maximum Gasteiger partial charge on any atom is 0.417 e. The zero-order chi connectivity index (χ0) is 15.1. The zero-order valence-corrected chi connectivity index (χ0v) is 10.1. The van der Waals surface area contributed by atoms with Gasteiger partial charge in [0.1, 0.15) is 0 Å². The van der Waals surface area contributed by atoms with Crippen molar-refractivity contribution in [2.24, 2.45) is 7.05 Å². The van der Waals surface area contributed by atoms with E-state index in [1.54, 1.807) is 0 Å². The number of benzene rings is 1. The van der Waals surface area contributed by atoms with Crippen LogP contribution >= 0.6 is 0 Å². The first kappa shape index (κ1) is 14.5. The van der Waals surface area contributed by atoms with Crippen LogP contribution in [0, 0.1) is 6.07 Å². The summed E-state index contributed by atoms with van der Waals surface area (Å²) < 4.78 is 78.8. The van der Waals surface area contributed by atoms with Crippen molar-refractivity contribution in [2.45, 2.75) is 12.4 Å². The second-order valence-electron chi connectivity index (χ2n) is 4.16. The van der Waals surface area contributed by atoms with Gasteiger partial charge >= 0.3 is 12.4 Å². The highest BCUT2D eigenvalue weighted by Crippen LogP contribution is 2.44. The molecule has 0 fully saturated rings. The third-order valence-corrected chi connectivity index (χ3v) is 2.80. The summed E-state index contributed by atoms with van der Waals surface area (Å²) in [5.41, 5.74) is -3.87. The largest absolute Gasteiger partial charge is 0.417 e. The Bertz CT molecular complexity index is 621. The molecule has 0 aliphatic heterocycles. The van der Waals surface area contributed by atoms with E-state index in [-0.39, 0.29) is 5.69 Å². The van der Waals surface area contributed by atoms with E-state index in [0.717, 1.165) is 12.1 Å². The van der Waals surface area contributed by atoms with Gasteiger partial charge in [-0.15, -0.1) is 0 Å². The first-order valence-electron chi connectivity index (χ1n) is 5.42. The molecule has 0 amide bonds. The molecule has 0 N–H and O–H groups in total. The molecular weight excluding hydrogens is 284 g/mol. The highest BCUT2D eigenvalue weighted by Gasteiger charge is 2.45. The van der Waals surface area contributed by atoms with Crippen LogP contribution in [0.4, 0.5) is 26.3 Å². The lowest BCUT2D eigenvalue weighted by atomic mass is 9.97. The standard InChI is InChI=1S/C13H8F6N/c1-20-7-3-6-10(20)8-4-2-5-9(12(14,15)16)11(8)13(17,18)19/h2,4-7H,1H3. The molecule has 1 aromatic carbocycles. The van der Waals surface area contributed by atoms with Crippen molar-refractivity contribution in [3.8, 4) is 11.3 Å². The van der Waals surface area contributed by atoms with Crippen molar-refractivity contribution in [2.75, 3.05) is 0 Å². The van der Waals surface area contributed by atoms with Gasteiger partial charge in [0.05, 0.1) is 11.1 Å². The van der Waals surface area contributed by atoms with Gasteiger partial charge in [0, 0.05) is 30.6 Å². The number of hydrogen-bond donors (Lipinski definition) is 0. The van der Waals surface area contributed by atoms with Gasteiger partial charge < -0.3 is 4.57 Å². The van der Waals surface area contributed by atoms with E-state index < -0.39 is 29.0 Å². The van der Waals surface area contributed by atoms with Crippen LogP contribution in [0.15, 0.2) is 30.5 Å². The lowest BCUT2D eigenvalue weighted by Gasteiger charge is -2.19. The number of hydrogen-bond acceptors (Lipinski definition) is 0. The molecule has 0 saturated heterocycles. The minimum absolute atomic E-state index is 0.0171. The molecule has 107 valence electrons. The van der Waals surface area contributed by atoms with Crippen molar-refractivity contribution in [1.29, 1.82) is 0 Å². The van der Waals surface area contributed by atoms with Gasteiger partial charge in [-0.1, -0.05) is 12.1 Å². The second-order valence-corrected chi connectivity index (χ2v) is 4.16. The summed E-state index contributed by atoms with van der Waals surface area (Å²) in [7, 11) is 1.44. The third kappa shape index (κ3) is 2.52. The lowest BCUT2D eigenvalue weighted by molar-refractivity contribution is -0.161. The third-order valence-electron chi connectivity index (χ3n) is 2.80. The molecule has 2 aromatic rings. The smallest absolute Gasteiger partial charge is 0.350 e. The van der Waals surface area contributed by atoms with E-state index in [1.165, 1.54) is 23.9 Å². The van der Waals surface area contributed by atoms with Gasteiger partial charge in [-0.2, -0.15) is 26.3 Å². The van der Waals surface area contributed by atoms with Crippen LogP contribution in [-0.4, -0.2) is 4.57 Å². The van der Waals surface area contributed by atoms with E-state index in [0.29, 0.717) is 6.07 Å². The molecule has 1 aromatic heterocycles. The first-order valence-corrected chi connectivity index (χ1v) is 5.42. The quantitative estimate of drug-likeness (QED) is 0.681. The minimum atomic E-state index is -5.11. The molecule has 0 unspecified atom stereocenters. The Morgan fingerprint density at radius 1 is 1.00 bits per heavy atom. The SMILES string of the molecule is Cn1c[c]cc1-c1cccc(C(F)(F)F)c1C(F)(F)F. The van der Waals surface area contributed by atoms with E-state index in [9.17, 15) is 26.3 Å².